The molecule has 9 nitrogen and oxygen atoms in total. The monoisotopic (exact) mass is 404 g/mol. The van der Waals surface area contributed by atoms with Gasteiger partial charge in [0.15, 0.2) is 0 Å². The molecule has 1 aromatic heterocycles. The van der Waals surface area contributed by atoms with Gasteiger partial charge in [0.1, 0.15) is 10.4 Å². The number of nitrogens with zero attached hydrogens (tertiary/aromatic N) is 2. The Morgan fingerprint density at radius 3 is 2.73 bits per heavy atom. The second-order valence-corrected chi connectivity index (χ2v) is 9.06. The second kappa shape index (κ2) is 9.42. The Labute approximate surface area is 157 Å². The van der Waals surface area contributed by atoms with Crippen molar-refractivity contribution in [1.82, 2.24) is 19.8 Å². The number of carbonyl (C=O) groups is 2. The van der Waals surface area contributed by atoms with E-state index in [1.807, 2.05) is 19.0 Å². The van der Waals surface area contributed by atoms with Crippen LogP contribution < -0.4 is 10.6 Å². The number of thiophene rings is 1. The van der Waals surface area contributed by atoms with Gasteiger partial charge in [0.2, 0.25) is 0 Å². The molecule has 0 aliphatic carbocycles. The van der Waals surface area contributed by atoms with Gasteiger partial charge in [-0.25, -0.2) is 8.42 Å². The maximum absolute atomic E-state index is 12.6. The third-order valence-corrected chi connectivity index (χ3v) is 6.97. The largest absolute Gasteiger partial charge is 0.359 e. The fourth-order valence-corrected chi connectivity index (χ4v) is 5.04. The normalized spacial score (nSPS) is 18.2. The second-order valence-electron chi connectivity index (χ2n) is 6.00. The molecule has 1 fully saturated rings. The molecular weight excluding hydrogens is 380 g/mol. The van der Waals surface area contributed by atoms with Gasteiger partial charge in [-0.3, -0.25) is 9.59 Å². The van der Waals surface area contributed by atoms with E-state index in [0.29, 0.717) is 6.54 Å². The lowest BCUT2D eigenvalue weighted by Crippen LogP contribution is -2.47. The number of sulfonamides is 1. The Kier molecular flexibility index (Phi) is 7.53. The lowest BCUT2D eigenvalue weighted by atomic mass is 10.4. The Morgan fingerprint density at radius 2 is 2.08 bits per heavy atom. The van der Waals surface area contributed by atoms with Crippen LogP contribution in [0.25, 0.3) is 0 Å². The number of hydrogen-bond acceptors (Lipinski definition) is 7. The summed E-state index contributed by atoms with van der Waals surface area (Å²) in [5, 5.41) is 6.64. The third kappa shape index (κ3) is 5.48. The van der Waals surface area contributed by atoms with Crippen molar-refractivity contribution in [2.75, 3.05) is 46.9 Å². The first-order valence-corrected chi connectivity index (χ1v) is 10.5. The Hall–Kier alpha value is -1.53. The van der Waals surface area contributed by atoms with Gasteiger partial charge < -0.3 is 20.3 Å². The molecule has 1 aliphatic rings. The molecule has 2 rings (SSSR count). The quantitative estimate of drug-likeness (QED) is 0.437. The molecule has 0 spiro atoms. The first-order valence-electron chi connectivity index (χ1n) is 8.20. The van der Waals surface area contributed by atoms with E-state index in [1.54, 1.807) is 11.4 Å². The minimum atomic E-state index is -3.67. The van der Waals surface area contributed by atoms with Crippen LogP contribution in [0.2, 0.25) is 0 Å². The fourth-order valence-electron chi connectivity index (χ4n) is 2.41. The van der Waals surface area contributed by atoms with Crippen LogP contribution in [0.5, 0.6) is 0 Å². The standard InChI is InChI=1S/C15H24N4O5S2/c1-18(2)7-4-6-16-14(20)15(21)17-11-12-19(8-9-24-12)26(22,23)13-5-3-10-25-13/h3,5,10,12H,4,6-9,11H2,1-2H3,(H,16,20)(H,17,21)/t12-/m0/s1. The van der Waals surface area contributed by atoms with E-state index in [0.717, 1.165) is 24.3 Å². The summed E-state index contributed by atoms with van der Waals surface area (Å²) >= 11 is 1.12. The lowest BCUT2D eigenvalue weighted by Gasteiger charge is -2.22. The van der Waals surface area contributed by atoms with Crippen molar-refractivity contribution in [3.8, 4) is 0 Å². The van der Waals surface area contributed by atoms with Crippen molar-refractivity contribution in [3.05, 3.63) is 17.5 Å². The van der Waals surface area contributed by atoms with Crippen LogP contribution in [0.3, 0.4) is 0 Å². The molecule has 1 saturated heterocycles. The molecule has 2 heterocycles. The third-order valence-electron chi connectivity index (χ3n) is 3.71. The molecule has 0 bridgehead atoms. The molecule has 2 N–H and O–H groups in total. The molecule has 26 heavy (non-hydrogen) atoms. The van der Waals surface area contributed by atoms with Gasteiger partial charge in [-0.2, -0.15) is 4.31 Å². The van der Waals surface area contributed by atoms with E-state index in [2.05, 4.69) is 10.6 Å². The van der Waals surface area contributed by atoms with Crippen molar-refractivity contribution in [3.63, 3.8) is 0 Å². The van der Waals surface area contributed by atoms with E-state index in [1.165, 1.54) is 10.4 Å². The number of nitrogens with one attached hydrogen (secondary N) is 2. The van der Waals surface area contributed by atoms with Crippen LogP contribution >= 0.6 is 11.3 Å². The zero-order valence-electron chi connectivity index (χ0n) is 14.8. The minimum absolute atomic E-state index is 0.0887. The zero-order chi connectivity index (χ0) is 19.2. The highest BCUT2D eigenvalue weighted by Gasteiger charge is 2.37. The maximum atomic E-state index is 12.6. The lowest BCUT2D eigenvalue weighted by molar-refractivity contribution is -0.139. The molecule has 0 unspecified atom stereocenters. The number of amides is 2. The Balaban J connectivity index is 1.82. The molecule has 0 radical (unpaired) electrons. The SMILES string of the molecule is CN(C)CCCNC(=O)C(=O)NC[C@@H]1OCCN1S(=O)(=O)c1cccs1. The maximum Gasteiger partial charge on any atom is 0.309 e. The molecule has 2 amide bonds. The Morgan fingerprint density at radius 1 is 1.35 bits per heavy atom. The summed E-state index contributed by atoms with van der Waals surface area (Å²) in [6, 6.07) is 3.18. The van der Waals surface area contributed by atoms with Crippen molar-refractivity contribution >= 4 is 33.2 Å². The zero-order valence-corrected chi connectivity index (χ0v) is 16.4. The topological polar surface area (TPSA) is 108 Å². The van der Waals surface area contributed by atoms with Crippen molar-refractivity contribution in [1.29, 1.82) is 0 Å². The molecule has 146 valence electrons. The predicted octanol–water partition coefficient (Wildman–Crippen LogP) is -0.721. The van der Waals surface area contributed by atoms with E-state index in [9.17, 15) is 18.0 Å². The molecule has 1 atom stereocenters. The molecule has 0 saturated carbocycles. The first-order chi connectivity index (χ1) is 12.3. The molecule has 11 heteroatoms. The van der Waals surface area contributed by atoms with Crippen LogP contribution in [0.4, 0.5) is 0 Å². The highest BCUT2D eigenvalue weighted by molar-refractivity contribution is 7.91. The summed E-state index contributed by atoms with van der Waals surface area (Å²) in [6.45, 7) is 1.55. The molecule has 0 aromatic carbocycles. The van der Waals surface area contributed by atoms with Gasteiger partial charge >= 0.3 is 11.8 Å². The number of carbonyl (C=O) groups excluding carboxylic acids is 2. The molecular formula is C15H24N4O5S2. The van der Waals surface area contributed by atoms with E-state index in [-0.39, 0.29) is 23.9 Å². The highest BCUT2D eigenvalue weighted by Crippen LogP contribution is 2.25. The van der Waals surface area contributed by atoms with E-state index in [4.69, 9.17) is 4.74 Å². The van der Waals surface area contributed by atoms with Gasteiger partial charge in [0.25, 0.3) is 10.0 Å². The summed E-state index contributed by atoms with van der Waals surface area (Å²) < 4.78 is 32.0. The van der Waals surface area contributed by atoms with Crippen LogP contribution in [-0.4, -0.2) is 82.5 Å². The average molecular weight is 405 g/mol. The Bertz CT molecular complexity index is 706. The van der Waals surface area contributed by atoms with Crippen LogP contribution in [0, 0.1) is 0 Å². The smallest absolute Gasteiger partial charge is 0.309 e. The predicted molar refractivity (Wildman–Crippen MR) is 97.1 cm³/mol. The van der Waals surface area contributed by atoms with Crippen molar-refractivity contribution in [2.24, 2.45) is 0 Å². The van der Waals surface area contributed by atoms with Crippen LogP contribution in [-0.2, 0) is 24.3 Å². The van der Waals surface area contributed by atoms with Crippen LogP contribution in [0.15, 0.2) is 21.7 Å². The fraction of sp³-hybridized carbons (Fsp3) is 0.600. The van der Waals surface area contributed by atoms with E-state index < -0.39 is 28.1 Å². The minimum Gasteiger partial charge on any atom is -0.359 e. The van der Waals surface area contributed by atoms with Gasteiger partial charge in [-0.15, -0.1) is 11.3 Å². The summed E-state index contributed by atoms with van der Waals surface area (Å²) in [4.78, 5) is 25.6. The first kappa shape index (κ1) is 20.8. The van der Waals surface area contributed by atoms with Gasteiger partial charge in [-0.1, -0.05) is 6.07 Å². The number of hydrogen-bond donors (Lipinski definition) is 2. The van der Waals surface area contributed by atoms with Gasteiger partial charge in [0, 0.05) is 13.1 Å². The van der Waals surface area contributed by atoms with Gasteiger partial charge in [0.05, 0.1) is 13.2 Å². The van der Waals surface area contributed by atoms with Crippen molar-refractivity contribution < 1.29 is 22.7 Å². The molecule has 1 aliphatic heterocycles. The van der Waals surface area contributed by atoms with Crippen LogP contribution in [0.1, 0.15) is 6.42 Å². The summed E-state index contributed by atoms with van der Waals surface area (Å²) in [5.41, 5.74) is 0. The summed E-state index contributed by atoms with van der Waals surface area (Å²) in [7, 11) is 0.177. The van der Waals surface area contributed by atoms with Crippen molar-refractivity contribution in [2.45, 2.75) is 16.9 Å². The number of rotatable bonds is 8. The summed E-state index contributed by atoms with van der Waals surface area (Å²) in [6.07, 6.45) is -0.0995. The van der Waals surface area contributed by atoms with Gasteiger partial charge in [-0.05, 0) is 38.5 Å². The van der Waals surface area contributed by atoms with E-state index >= 15 is 0 Å². The molecule has 1 aromatic rings. The highest BCUT2D eigenvalue weighted by atomic mass is 32.2. The number of ether oxygens (including phenoxy) is 1. The average Bonchev–Trinajstić information content (AvgIpc) is 3.27. The summed E-state index contributed by atoms with van der Waals surface area (Å²) in [5.74, 6) is -1.55.